The van der Waals surface area contributed by atoms with E-state index in [1.54, 1.807) is 6.42 Å². The van der Waals surface area contributed by atoms with Crippen molar-refractivity contribution in [3.8, 4) is 0 Å². The molecular formula is C20H17ClNO. The molecule has 1 atom stereocenters. The molecule has 2 nitrogen and oxygen atoms in total. The summed E-state index contributed by atoms with van der Waals surface area (Å²) in [6.45, 7) is 1.84. The number of aliphatic hydroxyl groups excluding tert-OH is 1. The van der Waals surface area contributed by atoms with Crippen molar-refractivity contribution in [2.75, 3.05) is 0 Å². The fourth-order valence-corrected chi connectivity index (χ4v) is 2.59. The third-order valence-corrected chi connectivity index (χ3v) is 3.93. The molecule has 0 amide bonds. The van der Waals surface area contributed by atoms with Crippen LogP contribution in [0.15, 0.2) is 54.6 Å². The van der Waals surface area contributed by atoms with Gasteiger partial charge in [-0.25, -0.2) is 4.98 Å². The molecule has 2 aromatic carbocycles. The van der Waals surface area contributed by atoms with Crippen LogP contribution in [-0.2, 0) is 0 Å². The van der Waals surface area contributed by atoms with Crippen LogP contribution in [-0.4, -0.2) is 10.1 Å². The molecule has 0 spiro atoms. The summed E-state index contributed by atoms with van der Waals surface area (Å²) in [5.41, 5.74) is 3.65. The molecule has 0 saturated carbocycles. The molecule has 3 rings (SSSR count). The van der Waals surface area contributed by atoms with Crippen molar-refractivity contribution in [1.82, 2.24) is 4.98 Å². The summed E-state index contributed by atoms with van der Waals surface area (Å²) in [5, 5.41) is 11.6. The van der Waals surface area contributed by atoms with Gasteiger partial charge in [0.15, 0.2) is 0 Å². The highest BCUT2D eigenvalue weighted by Gasteiger charge is 2.04. The van der Waals surface area contributed by atoms with Gasteiger partial charge in [-0.2, -0.15) is 0 Å². The first kappa shape index (κ1) is 15.7. The van der Waals surface area contributed by atoms with Crippen molar-refractivity contribution >= 4 is 34.7 Å². The summed E-state index contributed by atoms with van der Waals surface area (Å²) >= 11 is 6.02. The van der Waals surface area contributed by atoms with E-state index in [2.05, 4.69) is 4.98 Å². The average Bonchev–Trinajstić information content (AvgIpc) is 2.59. The molecule has 1 heterocycles. The molecule has 0 fully saturated rings. The Kier molecular flexibility index (Phi) is 4.75. The summed E-state index contributed by atoms with van der Waals surface area (Å²) in [6.07, 6.45) is 5.17. The van der Waals surface area contributed by atoms with Crippen molar-refractivity contribution in [2.45, 2.75) is 13.0 Å². The highest BCUT2D eigenvalue weighted by Crippen LogP contribution is 2.20. The number of hydrogen-bond donors (Lipinski definition) is 1. The van der Waals surface area contributed by atoms with Crippen LogP contribution in [0.1, 0.15) is 29.8 Å². The van der Waals surface area contributed by atoms with Gasteiger partial charge in [-0.05, 0) is 47.9 Å². The molecule has 1 unspecified atom stereocenters. The number of nitrogens with zero attached hydrogens (tertiary/aromatic N) is 1. The third-order valence-electron chi connectivity index (χ3n) is 3.69. The van der Waals surface area contributed by atoms with Gasteiger partial charge in [0.25, 0.3) is 0 Å². The molecule has 23 heavy (non-hydrogen) atoms. The molecule has 1 aromatic heterocycles. The predicted octanol–water partition coefficient (Wildman–Crippen LogP) is 5.32. The Bertz CT molecular complexity index is 857. The van der Waals surface area contributed by atoms with E-state index in [9.17, 15) is 5.11 Å². The van der Waals surface area contributed by atoms with E-state index in [-0.39, 0.29) is 0 Å². The van der Waals surface area contributed by atoms with E-state index >= 15 is 0 Å². The zero-order valence-corrected chi connectivity index (χ0v) is 13.5. The first-order valence-corrected chi connectivity index (χ1v) is 7.85. The maximum atomic E-state index is 9.88. The standard InChI is InChI=1S/C20H17ClNO/c1-2-20(23)16-5-3-4-14(12-16)6-10-18-11-8-15-7-9-17(21)13-19(15)22-18/h2-13,20,23H,1H3/b10-6+. The highest BCUT2D eigenvalue weighted by molar-refractivity contribution is 6.31. The average molecular weight is 323 g/mol. The van der Waals surface area contributed by atoms with Crippen molar-refractivity contribution in [3.05, 3.63) is 82.9 Å². The lowest BCUT2D eigenvalue weighted by atomic mass is 10.0. The molecule has 115 valence electrons. The number of benzene rings is 2. The van der Waals surface area contributed by atoms with E-state index < -0.39 is 6.10 Å². The Hall–Kier alpha value is -2.16. The maximum Gasteiger partial charge on any atom is 0.0819 e. The second-order valence-electron chi connectivity index (χ2n) is 5.35. The van der Waals surface area contributed by atoms with Crippen LogP contribution in [0.25, 0.3) is 23.1 Å². The van der Waals surface area contributed by atoms with Gasteiger partial charge in [-0.15, -0.1) is 0 Å². The quantitative estimate of drug-likeness (QED) is 0.705. The summed E-state index contributed by atoms with van der Waals surface area (Å²) < 4.78 is 0. The molecule has 3 aromatic rings. The van der Waals surface area contributed by atoms with Crippen molar-refractivity contribution in [2.24, 2.45) is 0 Å². The molecular weight excluding hydrogens is 306 g/mol. The van der Waals surface area contributed by atoms with E-state index in [0.29, 0.717) is 5.02 Å². The van der Waals surface area contributed by atoms with E-state index in [1.807, 2.05) is 73.7 Å². The topological polar surface area (TPSA) is 33.1 Å². The van der Waals surface area contributed by atoms with Crippen molar-refractivity contribution in [1.29, 1.82) is 0 Å². The zero-order chi connectivity index (χ0) is 16.2. The van der Waals surface area contributed by atoms with Crippen LogP contribution < -0.4 is 0 Å². The number of fused-ring (bicyclic) bond motifs is 1. The molecule has 0 bridgehead atoms. The van der Waals surface area contributed by atoms with Gasteiger partial charge in [0.05, 0.1) is 17.3 Å². The Labute approximate surface area is 141 Å². The second-order valence-corrected chi connectivity index (χ2v) is 5.79. The number of pyridine rings is 1. The minimum absolute atomic E-state index is 0.538. The molecule has 0 aliphatic carbocycles. The SMILES string of the molecule is C[CH]C(O)c1cccc(/C=C/c2ccc3ccc(Cl)cc3n2)c1. The molecule has 1 radical (unpaired) electrons. The monoisotopic (exact) mass is 322 g/mol. The van der Waals surface area contributed by atoms with Crippen LogP contribution in [0.4, 0.5) is 0 Å². The van der Waals surface area contributed by atoms with E-state index in [4.69, 9.17) is 11.6 Å². The lowest BCUT2D eigenvalue weighted by molar-refractivity contribution is 0.212. The van der Waals surface area contributed by atoms with Crippen LogP contribution in [0.3, 0.4) is 0 Å². The Morgan fingerprint density at radius 1 is 1.04 bits per heavy atom. The van der Waals surface area contributed by atoms with Gasteiger partial charge in [0.1, 0.15) is 0 Å². The Morgan fingerprint density at radius 2 is 1.87 bits per heavy atom. The highest BCUT2D eigenvalue weighted by atomic mass is 35.5. The van der Waals surface area contributed by atoms with E-state index in [1.165, 1.54) is 0 Å². The lowest BCUT2D eigenvalue weighted by Crippen LogP contribution is -1.95. The van der Waals surface area contributed by atoms with Gasteiger partial charge >= 0.3 is 0 Å². The van der Waals surface area contributed by atoms with Crippen LogP contribution in [0.5, 0.6) is 0 Å². The van der Waals surface area contributed by atoms with Crippen molar-refractivity contribution in [3.63, 3.8) is 0 Å². The molecule has 0 aliphatic heterocycles. The van der Waals surface area contributed by atoms with Gasteiger partial charge in [-0.3, -0.25) is 0 Å². The first-order valence-electron chi connectivity index (χ1n) is 7.47. The summed E-state index contributed by atoms with van der Waals surface area (Å²) in [7, 11) is 0. The number of halogens is 1. The molecule has 1 N–H and O–H groups in total. The number of rotatable bonds is 4. The fourth-order valence-electron chi connectivity index (χ4n) is 2.42. The number of aliphatic hydroxyl groups is 1. The lowest BCUT2D eigenvalue weighted by Gasteiger charge is -2.08. The summed E-state index contributed by atoms with van der Waals surface area (Å²) in [4.78, 5) is 4.60. The van der Waals surface area contributed by atoms with Crippen LogP contribution in [0.2, 0.25) is 5.02 Å². The molecule has 0 saturated heterocycles. The molecule has 3 heteroatoms. The third kappa shape index (κ3) is 3.79. The summed E-state index contributed by atoms with van der Waals surface area (Å²) in [6, 6.07) is 17.5. The second kappa shape index (κ2) is 6.95. The van der Waals surface area contributed by atoms with Gasteiger partial charge in [-0.1, -0.05) is 54.9 Å². The van der Waals surface area contributed by atoms with Crippen LogP contribution >= 0.6 is 11.6 Å². The Morgan fingerprint density at radius 3 is 2.70 bits per heavy atom. The number of aromatic nitrogens is 1. The van der Waals surface area contributed by atoms with Gasteiger partial charge < -0.3 is 5.11 Å². The zero-order valence-electron chi connectivity index (χ0n) is 12.8. The number of hydrogen-bond acceptors (Lipinski definition) is 2. The van der Waals surface area contributed by atoms with Crippen molar-refractivity contribution < 1.29 is 5.11 Å². The molecule has 0 aliphatic rings. The van der Waals surface area contributed by atoms with Gasteiger partial charge in [0.2, 0.25) is 0 Å². The Balaban J connectivity index is 1.87. The van der Waals surface area contributed by atoms with Gasteiger partial charge in [0, 0.05) is 10.4 Å². The smallest absolute Gasteiger partial charge is 0.0819 e. The first-order chi connectivity index (χ1) is 11.2. The fraction of sp³-hybridized carbons (Fsp3) is 0.100. The summed E-state index contributed by atoms with van der Waals surface area (Å²) in [5.74, 6) is 0. The predicted molar refractivity (Wildman–Crippen MR) is 97.1 cm³/mol. The minimum atomic E-state index is -0.538. The van der Waals surface area contributed by atoms with Crippen LogP contribution in [0, 0.1) is 6.42 Å². The largest absolute Gasteiger partial charge is 0.388 e. The normalized spacial score (nSPS) is 12.8. The van der Waals surface area contributed by atoms with E-state index in [0.717, 1.165) is 27.7 Å². The minimum Gasteiger partial charge on any atom is -0.388 e. The maximum absolute atomic E-state index is 9.88.